The fourth-order valence-corrected chi connectivity index (χ4v) is 2.08. The van der Waals surface area contributed by atoms with Crippen LogP contribution < -0.4 is 5.73 Å². The molecule has 15 heavy (non-hydrogen) atoms. The third kappa shape index (κ3) is 1.69. The van der Waals surface area contributed by atoms with Crippen LogP contribution in [0, 0.1) is 13.8 Å². The van der Waals surface area contributed by atoms with E-state index in [1.165, 1.54) is 16.7 Å². The zero-order valence-corrected chi connectivity index (χ0v) is 9.49. The average Bonchev–Trinajstić information content (AvgIpc) is 2.49. The van der Waals surface area contributed by atoms with Crippen molar-refractivity contribution in [3.05, 3.63) is 34.9 Å². The number of nitrogens with two attached hydrogens (primary N) is 1. The smallest absolute Gasteiger partial charge is 0.191 e. The molecule has 0 radical (unpaired) electrons. The van der Waals surface area contributed by atoms with E-state index in [1.807, 2.05) is 11.9 Å². The molecule has 1 unspecified atom stereocenters. The molecule has 0 fully saturated rings. The number of hydrogen-bond donors (Lipinski definition) is 1. The predicted octanol–water partition coefficient (Wildman–Crippen LogP) is 1.60. The van der Waals surface area contributed by atoms with Crippen molar-refractivity contribution in [3.63, 3.8) is 0 Å². The molecule has 1 aromatic rings. The van der Waals surface area contributed by atoms with Crippen LogP contribution in [0.3, 0.4) is 0 Å². The molecule has 3 nitrogen and oxygen atoms in total. The van der Waals surface area contributed by atoms with Crippen molar-refractivity contribution in [2.24, 2.45) is 10.7 Å². The minimum Gasteiger partial charge on any atom is -0.370 e. The molecule has 0 aromatic heterocycles. The molecular formula is C12H17N3. The van der Waals surface area contributed by atoms with Crippen LogP contribution in [0.2, 0.25) is 0 Å². The standard InChI is InChI=1S/C12H17N3/c1-8-4-5-10(9(2)6-8)11-7-14-12(13)15(11)3/h4-6,11H,7H2,1-3H3,(H2,13,14). The van der Waals surface area contributed by atoms with Crippen LogP contribution in [0.5, 0.6) is 0 Å². The Kier molecular flexibility index (Phi) is 2.39. The van der Waals surface area contributed by atoms with Gasteiger partial charge >= 0.3 is 0 Å². The van der Waals surface area contributed by atoms with Crippen LogP contribution in [0.4, 0.5) is 0 Å². The molecular weight excluding hydrogens is 186 g/mol. The number of benzene rings is 1. The molecule has 1 atom stereocenters. The van der Waals surface area contributed by atoms with Gasteiger partial charge in [-0.15, -0.1) is 0 Å². The second-order valence-electron chi connectivity index (χ2n) is 4.19. The maximum Gasteiger partial charge on any atom is 0.191 e. The van der Waals surface area contributed by atoms with Gasteiger partial charge in [0.15, 0.2) is 5.96 Å². The van der Waals surface area contributed by atoms with Gasteiger partial charge in [-0.25, -0.2) is 0 Å². The van der Waals surface area contributed by atoms with Gasteiger partial charge in [-0.3, -0.25) is 4.99 Å². The molecule has 0 amide bonds. The Morgan fingerprint density at radius 3 is 2.67 bits per heavy atom. The van der Waals surface area contributed by atoms with Crippen molar-refractivity contribution in [3.8, 4) is 0 Å². The van der Waals surface area contributed by atoms with Gasteiger partial charge in [0.25, 0.3) is 0 Å². The molecule has 0 saturated carbocycles. The van der Waals surface area contributed by atoms with Crippen molar-refractivity contribution in [2.75, 3.05) is 13.6 Å². The molecule has 0 bridgehead atoms. The summed E-state index contributed by atoms with van der Waals surface area (Å²) in [5.41, 5.74) is 9.70. The van der Waals surface area contributed by atoms with E-state index in [1.54, 1.807) is 0 Å². The van der Waals surface area contributed by atoms with Crippen molar-refractivity contribution in [1.29, 1.82) is 0 Å². The topological polar surface area (TPSA) is 41.6 Å². The molecule has 2 N–H and O–H groups in total. The monoisotopic (exact) mass is 203 g/mol. The minimum atomic E-state index is 0.311. The molecule has 0 spiro atoms. The molecule has 1 aliphatic heterocycles. The van der Waals surface area contributed by atoms with Crippen molar-refractivity contribution >= 4 is 5.96 Å². The quantitative estimate of drug-likeness (QED) is 0.753. The maximum absolute atomic E-state index is 5.76. The second-order valence-corrected chi connectivity index (χ2v) is 4.19. The Bertz CT molecular complexity index is 409. The van der Waals surface area contributed by atoms with Crippen LogP contribution in [0.25, 0.3) is 0 Å². The maximum atomic E-state index is 5.76. The van der Waals surface area contributed by atoms with E-state index in [4.69, 9.17) is 5.73 Å². The van der Waals surface area contributed by atoms with Gasteiger partial charge < -0.3 is 10.6 Å². The third-order valence-corrected chi connectivity index (χ3v) is 3.04. The van der Waals surface area contributed by atoms with Crippen LogP contribution in [0.1, 0.15) is 22.7 Å². The number of aryl methyl sites for hydroxylation is 2. The summed E-state index contributed by atoms with van der Waals surface area (Å²) in [6.45, 7) is 5.02. The van der Waals surface area contributed by atoms with E-state index in [0.29, 0.717) is 12.0 Å². The Labute approximate surface area is 90.6 Å². The molecule has 2 rings (SSSR count). The highest BCUT2D eigenvalue weighted by molar-refractivity contribution is 5.80. The van der Waals surface area contributed by atoms with Crippen LogP contribution >= 0.6 is 0 Å². The summed E-state index contributed by atoms with van der Waals surface area (Å²) in [4.78, 5) is 6.30. The van der Waals surface area contributed by atoms with E-state index in [2.05, 4.69) is 37.0 Å². The lowest BCUT2D eigenvalue weighted by molar-refractivity contribution is 0.412. The molecule has 3 heteroatoms. The van der Waals surface area contributed by atoms with Gasteiger partial charge in [0, 0.05) is 7.05 Å². The number of aliphatic imine (C=N–C) groups is 1. The number of rotatable bonds is 1. The van der Waals surface area contributed by atoms with E-state index in [-0.39, 0.29) is 0 Å². The molecule has 80 valence electrons. The second kappa shape index (κ2) is 3.57. The zero-order valence-electron chi connectivity index (χ0n) is 9.49. The summed E-state index contributed by atoms with van der Waals surface area (Å²) in [6, 6.07) is 6.84. The number of guanidine groups is 1. The van der Waals surface area contributed by atoms with E-state index in [9.17, 15) is 0 Å². The third-order valence-electron chi connectivity index (χ3n) is 3.04. The molecule has 1 aromatic carbocycles. The Balaban J connectivity index is 2.32. The summed E-state index contributed by atoms with van der Waals surface area (Å²) in [5, 5.41) is 0. The normalized spacial score (nSPS) is 20.6. The lowest BCUT2D eigenvalue weighted by Gasteiger charge is -2.23. The summed E-state index contributed by atoms with van der Waals surface area (Å²) in [7, 11) is 2.00. The summed E-state index contributed by atoms with van der Waals surface area (Å²) < 4.78 is 0. The Morgan fingerprint density at radius 2 is 2.13 bits per heavy atom. The highest BCUT2D eigenvalue weighted by Crippen LogP contribution is 2.26. The van der Waals surface area contributed by atoms with Gasteiger partial charge in [0.2, 0.25) is 0 Å². The first kappa shape index (κ1) is 10.0. The summed E-state index contributed by atoms with van der Waals surface area (Å²) >= 11 is 0. The molecule has 1 heterocycles. The van der Waals surface area contributed by atoms with Gasteiger partial charge in [0.05, 0.1) is 12.6 Å². The number of nitrogens with zero attached hydrogens (tertiary/aromatic N) is 2. The first-order valence-electron chi connectivity index (χ1n) is 5.19. The van der Waals surface area contributed by atoms with Crippen molar-refractivity contribution in [1.82, 2.24) is 4.90 Å². The zero-order chi connectivity index (χ0) is 11.0. The molecule has 0 saturated heterocycles. The van der Waals surface area contributed by atoms with E-state index in [0.717, 1.165) is 6.54 Å². The van der Waals surface area contributed by atoms with Gasteiger partial charge in [-0.05, 0) is 25.0 Å². The predicted molar refractivity (Wildman–Crippen MR) is 62.9 cm³/mol. The van der Waals surface area contributed by atoms with Gasteiger partial charge in [-0.1, -0.05) is 23.8 Å². The fraction of sp³-hybridized carbons (Fsp3) is 0.417. The fourth-order valence-electron chi connectivity index (χ4n) is 2.08. The van der Waals surface area contributed by atoms with Crippen LogP contribution in [-0.2, 0) is 0 Å². The minimum absolute atomic E-state index is 0.311. The molecule has 1 aliphatic rings. The van der Waals surface area contributed by atoms with Crippen LogP contribution in [-0.4, -0.2) is 24.5 Å². The lowest BCUT2D eigenvalue weighted by Crippen LogP contribution is -2.32. The van der Waals surface area contributed by atoms with Crippen molar-refractivity contribution < 1.29 is 0 Å². The summed E-state index contributed by atoms with van der Waals surface area (Å²) in [5.74, 6) is 0.639. The van der Waals surface area contributed by atoms with Crippen LogP contribution in [0.15, 0.2) is 23.2 Å². The Morgan fingerprint density at radius 1 is 1.40 bits per heavy atom. The lowest BCUT2D eigenvalue weighted by atomic mass is 9.99. The number of likely N-dealkylation sites (N-methyl/N-ethyl adjacent to an activating group) is 1. The van der Waals surface area contributed by atoms with Gasteiger partial charge in [0.1, 0.15) is 0 Å². The first-order chi connectivity index (χ1) is 7.09. The average molecular weight is 203 g/mol. The summed E-state index contributed by atoms with van der Waals surface area (Å²) in [6.07, 6.45) is 0. The van der Waals surface area contributed by atoms with Gasteiger partial charge in [-0.2, -0.15) is 0 Å². The van der Waals surface area contributed by atoms with E-state index >= 15 is 0 Å². The van der Waals surface area contributed by atoms with Crippen molar-refractivity contribution in [2.45, 2.75) is 19.9 Å². The highest BCUT2D eigenvalue weighted by atomic mass is 15.3. The first-order valence-corrected chi connectivity index (χ1v) is 5.19. The Hall–Kier alpha value is -1.51. The number of hydrogen-bond acceptors (Lipinski definition) is 3. The SMILES string of the molecule is Cc1ccc(C2CN=C(N)N2C)c(C)c1. The highest BCUT2D eigenvalue weighted by Gasteiger charge is 2.24. The van der Waals surface area contributed by atoms with E-state index < -0.39 is 0 Å². The largest absolute Gasteiger partial charge is 0.370 e. The molecule has 0 aliphatic carbocycles.